The molecule has 0 unspecified atom stereocenters. The van der Waals surface area contributed by atoms with E-state index in [-0.39, 0.29) is 0 Å². The van der Waals surface area contributed by atoms with E-state index in [1.165, 1.54) is 9.58 Å². The summed E-state index contributed by atoms with van der Waals surface area (Å²) in [6.07, 6.45) is 1.86. The Labute approximate surface area is 210 Å². The molecule has 5 heterocycles. The summed E-state index contributed by atoms with van der Waals surface area (Å²) < 4.78 is 6.77. The number of morpholine rings is 1. The molecule has 9 nitrogen and oxygen atoms in total. The molecular formula is C25H35N7O2S. The van der Waals surface area contributed by atoms with Crippen molar-refractivity contribution in [2.75, 3.05) is 64.5 Å². The van der Waals surface area contributed by atoms with Gasteiger partial charge in [-0.25, -0.2) is 9.97 Å². The molecule has 2 fully saturated rings. The van der Waals surface area contributed by atoms with Crippen molar-refractivity contribution >= 4 is 38.3 Å². The first-order valence-corrected chi connectivity index (χ1v) is 13.1. The Kier molecular flexibility index (Phi) is 9.00. The number of rotatable bonds is 4. The number of aromatic nitrogens is 4. The first-order valence-electron chi connectivity index (χ1n) is 12.3. The third-order valence-corrected chi connectivity index (χ3v) is 7.14. The molecule has 0 amide bonds. The zero-order valence-electron chi connectivity index (χ0n) is 20.8. The normalized spacial score (nSPS) is 16.5. The maximum atomic E-state index is 7.00. The van der Waals surface area contributed by atoms with Crippen molar-refractivity contribution in [3.8, 4) is 11.4 Å². The second-order valence-electron chi connectivity index (χ2n) is 8.06. The quantitative estimate of drug-likeness (QED) is 0.395. The first-order chi connectivity index (χ1) is 17.3. The fraction of sp³-hybridized carbons (Fsp3) is 0.480. The van der Waals surface area contributed by atoms with E-state index in [9.17, 15) is 0 Å². The molecule has 0 radical (unpaired) electrons. The van der Waals surface area contributed by atoms with Gasteiger partial charge >= 0.3 is 0 Å². The Morgan fingerprint density at radius 2 is 1.83 bits per heavy atom. The number of H-pyrrole nitrogens is 1. The molecule has 3 aromatic heterocycles. The molecular weight excluding hydrogens is 462 g/mol. The van der Waals surface area contributed by atoms with Crippen molar-refractivity contribution in [1.29, 1.82) is 0 Å². The molecule has 4 aromatic rings. The van der Waals surface area contributed by atoms with Gasteiger partial charge in [-0.15, -0.1) is 11.3 Å². The highest BCUT2D eigenvalue weighted by Crippen LogP contribution is 2.36. The zero-order valence-corrected chi connectivity index (χ0v) is 21.6. The number of piperazine rings is 1. The van der Waals surface area contributed by atoms with Crippen molar-refractivity contribution in [1.82, 2.24) is 30.4 Å². The lowest BCUT2D eigenvalue weighted by Gasteiger charge is -2.28. The van der Waals surface area contributed by atoms with Gasteiger partial charge in [0.15, 0.2) is 11.6 Å². The maximum absolute atomic E-state index is 7.00. The van der Waals surface area contributed by atoms with Crippen LogP contribution in [0.5, 0.6) is 0 Å². The Morgan fingerprint density at radius 3 is 2.60 bits per heavy atom. The number of ether oxygens (including phenoxy) is 1. The van der Waals surface area contributed by atoms with Crippen molar-refractivity contribution in [2.45, 2.75) is 20.4 Å². The average molecular weight is 498 g/mol. The standard InChI is InChI=1S/C22H25N7OS.C2H6.CH4O/c1-2-16(17-13-24-27-18(17)3-1)21-25-19-12-15(14-28-6-4-23-5-7-28)31-20(19)22(26-21)29-8-10-30-11-9-29;2*1-2/h1-3,12-13,23H,4-11,14H2,(H,24,27);1-2H3;2H,1H3. The van der Waals surface area contributed by atoms with Crippen molar-refractivity contribution in [2.24, 2.45) is 0 Å². The van der Waals surface area contributed by atoms with Gasteiger partial charge in [-0.2, -0.15) is 5.10 Å². The lowest BCUT2D eigenvalue weighted by atomic mass is 10.1. The smallest absolute Gasteiger partial charge is 0.162 e. The summed E-state index contributed by atoms with van der Waals surface area (Å²) >= 11 is 1.83. The van der Waals surface area contributed by atoms with Crippen LogP contribution in [0.15, 0.2) is 30.5 Å². The lowest BCUT2D eigenvalue weighted by Crippen LogP contribution is -2.42. The molecule has 2 aliphatic heterocycles. The third kappa shape index (κ3) is 5.62. The van der Waals surface area contributed by atoms with Crippen molar-refractivity contribution in [3.63, 3.8) is 0 Å². The van der Waals surface area contributed by atoms with Gasteiger partial charge < -0.3 is 20.1 Å². The van der Waals surface area contributed by atoms with E-state index < -0.39 is 0 Å². The van der Waals surface area contributed by atoms with Crippen LogP contribution in [-0.2, 0) is 11.3 Å². The molecule has 0 spiro atoms. The number of aliphatic hydroxyl groups excluding tert-OH is 1. The van der Waals surface area contributed by atoms with E-state index in [0.717, 1.165) is 99.8 Å². The number of thiophene rings is 1. The van der Waals surface area contributed by atoms with E-state index >= 15 is 0 Å². The number of aromatic amines is 1. The summed E-state index contributed by atoms with van der Waals surface area (Å²) in [5.74, 6) is 1.79. The van der Waals surface area contributed by atoms with Crippen LogP contribution < -0.4 is 10.2 Å². The highest BCUT2D eigenvalue weighted by molar-refractivity contribution is 7.19. The second kappa shape index (κ2) is 12.4. The number of nitrogens with one attached hydrogen (secondary N) is 2. The van der Waals surface area contributed by atoms with Crippen LogP contribution in [0.3, 0.4) is 0 Å². The second-order valence-corrected chi connectivity index (χ2v) is 9.20. The van der Waals surface area contributed by atoms with Crippen LogP contribution in [0.25, 0.3) is 32.5 Å². The Hall–Kier alpha value is -2.63. The fourth-order valence-electron chi connectivity index (χ4n) is 4.40. The first kappa shape index (κ1) is 25.5. The van der Waals surface area contributed by atoms with Gasteiger partial charge in [-0.3, -0.25) is 10.00 Å². The molecule has 1 aromatic carbocycles. The van der Waals surface area contributed by atoms with Crippen LogP contribution in [0.4, 0.5) is 5.82 Å². The van der Waals surface area contributed by atoms with E-state index in [4.69, 9.17) is 19.8 Å². The summed E-state index contributed by atoms with van der Waals surface area (Å²) in [5, 5.41) is 18.7. The number of aliphatic hydroxyl groups is 1. The molecule has 6 rings (SSSR count). The zero-order chi connectivity index (χ0) is 24.6. The summed E-state index contributed by atoms with van der Waals surface area (Å²) in [4.78, 5) is 16.3. The number of fused-ring (bicyclic) bond motifs is 2. The molecule has 0 saturated carbocycles. The van der Waals surface area contributed by atoms with E-state index in [1.807, 2.05) is 43.5 Å². The van der Waals surface area contributed by atoms with Crippen molar-refractivity contribution < 1.29 is 9.84 Å². The van der Waals surface area contributed by atoms with E-state index in [1.54, 1.807) is 0 Å². The van der Waals surface area contributed by atoms with E-state index in [0.29, 0.717) is 0 Å². The summed E-state index contributed by atoms with van der Waals surface area (Å²) in [7, 11) is 1.00. The molecule has 2 aliphatic rings. The minimum atomic E-state index is 0.733. The molecule has 0 atom stereocenters. The van der Waals surface area contributed by atoms with Crippen LogP contribution >= 0.6 is 11.3 Å². The van der Waals surface area contributed by atoms with E-state index in [2.05, 4.69) is 37.4 Å². The predicted molar refractivity (Wildman–Crippen MR) is 143 cm³/mol. The Balaban J connectivity index is 0.000000689. The number of hydrogen-bond donors (Lipinski definition) is 3. The highest BCUT2D eigenvalue weighted by Gasteiger charge is 2.22. The number of anilines is 1. The Bertz CT molecular complexity index is 1210. The van der Waals surface area contributed by atoms with Gasteiger partial charge in [0.2, 0.25) is 0 Å². The molecule has 3 N–H and O–H groups in total. The predicted octanol–water partition coefficient (Wildman–Crippen LogP) is 3.11. The van der Waals surface area contributed by atoms with Gasteiger partial charge in [0.05, 0.1) is 35.1 Å². The summed E-state index contributed by atoms with van der Waals surface area (Å²) in [5.41, 5.74) is 3.04. The van der Waals surface area contributed by atoms with Crippen LogP contribution in [-0.4, -0.2) is 89.8 Å². The van der Waals surface area contributed by atoms with Gasteiger partial charge in [-0.05, 0) is 12.1 Å². The summed E-state index contributed by atoms with van der Waals surface area (Å²) in [6, 6.07) is 8.40. The third-order valence-electron chi connectivity index (χ3n) is 6.03. The largest absolute Gasteiger partial charge is 0.400 e. The highest BCUT2D eigenvalue weighted by atomic mass is 32.1. The lowest BCUT2D eigenvalue weighted by molar-refractivity contribution is 0.122. The SMILES string of the molecule is CC.CO.c1cc(-c2nc(N3CCOCC3)c3sc(CN4CCNCC4)cc3n2)c2cn[nH]c2c1. The molecule has 0 aliphatic carbocycles. The Morgan fingerprint density at radius 1 is 1.06 bits per heavy atom. The van der Waals surface area contributed by atoms with Gasteiger partial charge in [0.1, 0.15) is 0 Å². The minimum absolute atomic E-state index is 0.733. The van der Waals surface area contributed by atoms with Crippen LogP contribution in [0.2, 0.25) is 0 Å². The molecule has 35 heavy (non-hydrogen) atoms. The van der Waals surface area contributed by atoms with Gasteiger partial charge in [0.25, 0.3) is 0 Å². The topological polar surface area (TPSA) is 102 Å². The van der Waals surface area contributed by atoms with Gasteiger partial charge in [0, 0.05) is 68.7 Å². The molecule has 188 valence electrons. The van der Waals surface area contributed by atoms with Gasteiger partial charge in [-0.1, -0.05) is 26.0 Å². The molecule has 0 bridgehead atoms. The fourth-order valence-corrected chi connectivity index (χ4v) is 5.56. The number of nitrogens with zero attached hydrogens (tertiary/aromatic N) is 5. The monoisotopic (exact) mass is 497 g/mol. The minimum Gasteiger partial charge on any atom is -0.400 e. The number of benzene rings is 1. The maximum Gasteiger partial charge on any atom is 0.162 e. The van der Waals surface area contributed by atoms with Crippen LogP contribution in [0, 0.1) is 0 Å². The molecule has 10 heteroatoms. The average Bonchev–Trinajstić information content (AvgIpc) is 3.58. The molecule has 2 saturated heterocycles. The number of hydrogen-bond acceptors (Lipinski definition) is 9. The summed E-state index contributed by atoms with van der Waals surface area (Å²) in [6.45, 7) is 12.4. The van der Waals surface area contributed by atoms with Crippen LogP contribution in [0.1, 0.15) is 18.7 Å². The van der Waals surface area contributed by atoms with Crippen molar-refractivity contribution in [3.05, 3.63) is 35.3 Å².